The fourth-order valence-electron chi connectivity index (χ4n) is 1.95. The molecular weight excluding hydrogens is 273 g/mol. The molecule has 0 spiro atoms. The summed E-state index contributed by atoms with van der Waals surface area (Å²) in [6, 6.07) is 15.9. The summed E-state index contributed by atoms with van der Waals surface area (Å²) < 4.78 is 12.8. The van der Waals surface area contributed by atoms with Crippen LogP contribution in [0.3, 0.4) is 0 Å². The number of rotatable bonds is 2. The number of pyridine rings is 1. The zero-order valence-corrected chi connectivity index (χ0v) is 11.3. The van der Waals surface area contributed by atoms with Crippen LogP contribution in [0.2, 0.25) is 5.02 Å². The first kappa shape index (κ1) is 12.8. The number of halogens is 2. The molecule has 1 heterocycles. The molecule has 0 unspecified atom stereocenters. The van der Waals surface area contributed by atoms with Crippen molar-refractivity contribution in [3.63, 3.8) is 0 Å². The molecule has 0 saturated carbocycles. The molecule has 3 aromatic rings. The maximum atomic E-state index is 12.8. The van der Waals surface area contributed by atoms with E-state index in [0.717, 1.165) is 22.2 Å². The van der Waals surface area contributed by atoms with Crippen molar-refractivity contribution in [3.8, 4) is 0 Å². The van der Waals surface area contributed by atoms with E-state index in [2.05, 4.69) is 4.98 Å². The SMILES string of the molecule is Fc1ccc(/C=C/c2ccc3ccc(Cl)cc3n2)cc1. The molecule has 3 heteroatoms. The van der Waals surface area contributed by atoms with Crippen molar-refractivity contribution in [3.05, 3.63) is 76.7 Å². The molecule has 0 fully saturated rings. The summed E-state index contributed by atoms with van der Waals surface area (Å²) in [5, 5.41) is 1.72. The van der Waals surface area contributed by atoms with Gasteiger partial charge in [0.1, 0.15) is 5.82 Å². The van der Waals surface area contributed by atoms with Crippen molar-refractivity contribution in [1.82, 2.24) is 4.98 Å². The molecule has 98 valence electrons. The van der Waals surface area contributed by atoms with Gasteiger partial charge in [-0.05, 0) is 42.0 Å². The second-order valence-electron chi connectivity index (χ2n) is 4.46. The Balaban J connectivity index is 1.92. The fraction of sp³-hybridized carbons (Fsp3) is 0. The molecule has 20 heavy (non-hydrogen) atoms. The van der Waals surface area contributed by atoms with Gasteiger partial charge in [-0.1, -0.05) is 41.9 Å². The van der Waals surface area contributed by atoms with Gasteiger partial charge in [0.15, 0.2) is 0 Å². The summed E-state index contributed by atoms with van der Waals surface area (Å²) in [6.45, 7) is 0. The normalized spacial score (nSPS) is 11.3. The topological polar surface area (TPSA) is 12.9 Å². The van der Waals surface area contributed by atoms with Gasteiger partial charge in [0.05, 0.1) is 11.2 Å². The van der Waals surface area contributed by atoms with Crippen LogP contribution in [0.15, 0.2) is 54.6 Å². The molecule has 2 aromatic carbocycles. The van der Waals surface area contributed by atoms with Gasteiger partial charge in [-0.3, -0.25) is 0 Å². The fourth-order valence-corrected chi connectivity index (χ4v) is 2.12. The number of benzene rings is 2. The van der Waals surface area contributed by atoms with Crippen molar-refractivity contribution < 1.29 is 4.39 Å². The smallest absolute Gasteiger partial charge is 0.123 e. The molecule has 0 radical (unpaired) electrons. The van der Waals surface area contributed by atoms with Gasteiger partial charge in [0.2, 0.25) is 0 Å². The minimum atomic E-state index is -0.236. The van der Waals surface area contributed by atoms with Crippen LogP contribution in [-0.2, 0) is 0 Å². The highest BCUT2D eigenvalue weighted by Gasteiger charge is 1.97. The van der Waals surface area contributed by atoms with E-state index in [9.17, 15) is 4.39 Å². The van der Waals surface area contributed by atoms with Gasteiger partial charge in [0.25, 0.3) is 0 Å². The number of fused-ring (bicyclic) bond motifs is 1. The van der Waals surface area contributed by atoms with Crippen molar-refractivity contribution >= 4 is 34.7 Å². The Morgan fingerprint density at radius 1 is 0.900 bits per heavy atom. The molecule has 0 N–H and O–H groups in total. The standard InChI is InChI=1S/C17H11ClFN/c18-14-6-4-13-5-10-16(20-17(13)11-14)9-3-12-1-7-15(19)8-2-12/h1-11H/b9-3+. The van der Waals surface area contributed by atoms with Crippen molar-refractivity contribution in [1.29, 1.82) is 0 Å². The average Bonchev–Trinajstić information content (AvgIpc) is 2.46. The van der Waals surface area contributed by atoms with Gasteiger partial charge in [0, 0.05) is 10.4 Å². The number of hydrogen-bond donors (Lipinski definition) is 0. The maximum Gasteiger partial charge on any atom is 0.123 e. The van der Waals surface area contributed by atoms with E-state index in [1.54, 1.807) is 12.1 Å². The van der Waals surface area contributed by atoms with E-state index in [1.807, 2.05) is 42.5 Å². The van der Waals surface area contributed by atoms with Crippen molar-refractivity contribution in [2.45, 2.75) is 0 Å². The van der Waals surface area contributed by atoms with Crippen molar-refractivity contribution in [2.24, 2.45) is 0 Å². The van der Waals surface area contributed by atoms with Crippen LogP contribution >= 0.6 is 11.6 Å². The molecule has 0 amide bonds. The van der Waals surface area contributed by atoms with E-state index in [4.69, 9.17) is 11.6 Å². The summed E-state index contributed by atoms with van der Waals surface area (Å²) in [4.78, 5) is 4.52. The molecule has 1 aromatic heterocycles. The molecule has 0 bridgehead atoms. The highest BCUT2D eigenvalue weighted by atomic mass is 35.5. The van der Waals surface area contributed by atoms with Crippen LogP contribution in [0.4, 0.5) is 4.39 Å². The molecule has 0 aliphatic rings. The molecule has 0 aliphatic heterocycles. The average molecular weight is 284 g/mol. The first-order chi connectivity index (χ1) is 9.70. The van der Waals surface area contributed by atoms with Crippen LogP contribution in [-0.4, -0.2) is 4.98 Å². The summed E-state index contributed by atoms with van der Waals surface area (Å²) in [7, 11) is 0. The van der Waals surface area contributed by atoms with Crippen LogP contribution in [0.25, 0.3) is 23.1 Å². The predicted octanol–water partition coefficient (Wildman–Crippen LogP) is 5.20. The van der Waals surface area contributed by atoms with Crippen molar-refractivity contribution in [2.75, 3.05) is 0 Å². The Hall–Kier alpha value is -2.19. The lowest BCUT2D eigenvalue weighted by molar-refractivity contribution is 0.628. The minimum absolute atomic E-state index is 0.236. The summed E-state index contributed by atoms with van der Waals surface area (Å²) >= 11 is 5.97. The van der Waals surface area contributed by atoms with Gasteiger partial charge in [-0.2, -0.15) is 0 Å². The van der Waals surface area contributed by atoms with Crippen LogP contribution in [0.1, 0.15) is 11.3 Å². The van der Waals surface area contributed by atoms with E-state index in [-0.39, 0.29) is 5.82 Å². The highest BCUT2D eigenvalue weighted by molar-refractivity contribution is 6.31. The molecule has 0 aliphatic carbocycles. The lowest BCUT2D eigenvalue weighted by Gasteiger charge is -2.00. The molecule has 1 nitrogen and oxygen atoms in total. The van der Waals surface area contributed by atoms with Crippen LogP contribution < -0.4 is 0 Å². The van der Waals surface area contributed by atoms with Gasteiger partial charge in [-0.15, -0.1) is 0 Å². The third-order valence-electron chi connectivity index (χ3n) is 2.99. The second-order valence-corrected chi connectivity index (χ2v) is 4.89. The summed E-state index contributed by atoms with van der Waals surface area (Å²) in [5.74, 6) is -0.236. The Bertz CT molecular complexity index is 779. The maximum absolute atomic E-state index is 12.8. The highest BCUT2D eigenvalue weighted by Crippen LogP contribution is 2.18. The molecule has 0 atom stereocenters. The van der Waals surface area contributed by atoms with E-state index < -0.39 is 0 Å². The number of aromatic nitrogens is 1. The zero-order valence-electron chi connectivity index (χ0n) is 10.6. The Kier molecular flexibility index (Phi) is 3.48. The molecule has 3 rings (SSSR count). The molecular formula is C17H11ClFN. The van der Waals surface area contributed by atoms with Crippen LogP contribution in [0.5, 0.6) is 0 Å². The summed E-state index contributed by atoms with van der Waals surface area (Å²) in [6.07, 6.45) is 3.80. The van der Waals surface area contributed by atoms with Crippen LogP contribution in [0, 0.1) is 5.82 Å². The second kappa shape index (κ2) is 5.43. The van der Waals surface area contributed by atoms with Gasteiger partial charge < -0.3 is 0 Å². The van der Waals surface area contributed by atoms with Gasteiger partial charge >= 0.3 is 0 Å². The third-order valence-corrected chi connectivity index (χ3v) is 3.23. The lowest BCUT2D eigenvalue weighted by atomic mass is 10.1. The van der Waals surface area contributed by atoms with E-state index >= 15 is 0 Å². The summed E-state index contributed by atoms with van der Waals surface area (Å²) in [5.41, 5.74) is 2.63. The Morgan fingerprint density at radius 2 is 1.65 bits per heavy atom. The quantitative estimate of drug-likeness (QED) is 0.630. The third kappa shape index (κ3) is 2.86. The predicted molar refractivity (Wildman–Crippen MR) is 82.1 cm³/mol. The Morgan fingerprint density at radius 3 is 2.45 bits per heavy atom. The first-order valence-corrected chi connectivity index (χ1v) is 6.58. The molecule has 0 saturated heterocycles. The number of nitrogens with zero attached hydrogens (tertiary/aromatic N) is 1. The zero-order chi connectivity index (χ0) is 13.9. The lowest BCUT2D eigenvalue weighted by Crippen LogP contribution is -1.83. The van der Waals surface area contributed by atoms with E-state index in [1.165, 1.54) is 12.1 Å². The Labute approximate surface area is 121 Å². The first-order valence-electron chi connectivity index (χ1n) is 6.21. The van der Waals surface area contributed by atoms with Gasteiger partial charge in [-0.25, -0.2) is 9.37 Å². The number of hydrogen-bond acceptors (Lipinski definition) is 1. The minimum Gasteiger partial charge on any atom is -0.248 e. The monoisotopic (exact) mass is 283 g/mol. The largest absolute Gasteiger partial charge is 0.248 e. The van der Waals surface area contributed by atoms with E-state index in [0.29, 0.717) is 5.02 Å².